The van der Waals surface area contributed by atoms with Crippen LogP contribution in [0, 0.1) is 0 Å². The Morgan fingerprint density at radius 2 is 1.76 bits per heavy atom. The number of ether oxygens (including phenoxy) is 1. The first-order valence-electron chi connectivity index (χ1n) is 7.32. The number of nitrogens with zero attached hydrogens (tertiary/aromatic N) is 1. The Balaban J connectivity index is 1.80. The third-order valence-corrected chi connectivity index (χ3v) is 4.10. The standard InChI is InChI=1S/C17H20N2OS/c1-12-10-19(11-13(2)20-12)17(21)18-16-9-5-7-14-6-3-4-8-15(14)16/h3-9,12-13H,10-11H2,1-2H3,(H,18,21)/t12-,13+. The molecule has 0 saturated carbocycles. The van der Waals surface area contributed by atoms with Gasteiger partial charge in [0.25, 0.3) is 0 Å². The smallest absolute Gasteiger partial charge is 0.173 e. The lowest BCUT2D eigenvalue weighted by Gasteiger charge is -2.37. The maximum atomic E-state index is 5.76. The van der Waals surface area contributed by atoms with Gasteiger partial charge in [0.2, 0.25) is 0 Å². The zero-order chi connectivity index (χ0) is 14.8. The molecule has 0 unspecified atom stereocenters. The molecule has 3 nitrogen and oxygen atoms in total. The van der Waals surface area contributed by atoms with Crippen LogP contribution in [-0.4, -0.2) is 35.3 Å². The summed E-state index contributed by atoms with van der Waals surface area (Å²) in [6.45, 7) is 5.84. The van der Waals surface area contributed by atoms with E-state index in [0.717, 1.165) is 23.9 Å². The van der Waals surface area contributed by atoms with Gasteiger partial charge in [0.1, 0.15) is 0 Å². The largest absolute Gasteiger partial charge is 0.372 e. The van der Waals surface area contributed by atoms with Crippen molar-refractivity contribution in [3.05, 3.63) is 42.5 Å². The molecule has 0 bridgehead atoms. The van der Waals surface area contributed by atoms with Crippen LogP contribution in [0.1, 0.15) is 13.8 Å². The zero-order valence-electron chi connectivity index (χ0n) is 12.4. The number of hydrogen-bond donors (Lipinski definition) is 1. The van der Waals surface area contributed by atoms with E-state index in [0.29, 0.717) is 0 Å². The molecule has 0 aromatic heterocycles. The van der Waals surface area contributed by atoms with Crippen LogP contribution >= 0.6 is 12.2 Å². The third-order valence-electron chi connectivity index (χ3n) is 3.74. The normalized spacial score (nSPS) is 22.3. The van der Waals surface area contributed by atoms with E-state index < -0.39 is 0 Å². The van der Waals surface area contributed by atoms with Crippen LogP contribution in [0.3, 0.4) is 0 Å². The molecule has 2 atom stereocenters. The minimum absolute atomic E-state index is 0.209. The second-order valence-corrected chi connectivity index (χ2v) is 6.01. The Kier molecular flexibility index (Phi) is 4.08. The summed E-state index contributed by atoms with van der Waals surface area (Å²) in [5.74, 6) is 0. The highest BCUT2D eigenvalue weighted by Crippen LogP contribution is 2.23. The molecule has 1 aliphatic rings. The quantitative estimate of drug-likeness (QED) is 0.813. The molecule has 3 rings (SSSR count). The molecule has 1 saturated heterocycles. The SMILES string of the molecule is C[C@@H]1CN(C(=S)Nc2cccc3ccccc23)C[C@H](C)O1. The maximum Gasteiger partial charge on any atom is 0.173 e. The van der Waals surface area contributed by atoms with Gasteiger partial charge in [-0.25, -0.2) is 0 Å². The van der Waals surface area contributed by atoms with Crippen molar-refractivity contribution in [3.63, 3.8) is 0 Å². The summed E-state index contributed by atoms with van der Waals surface area (Å²) in [5.41, 5.74) is 1.06. The predicted octanol–water partition coefficient (Wildman–Crippen LogP) is 3.65. The van der Waals surface area contributed by atoms with Crippen LogP contribution in [-0.2, 0) is 4.74 Å². The molecule has 4 heteroatoms. The monoisotopic (exact) mass is 300 g/mol. The Labute approximate surface area is 130 Å². The van der Waals surface area contributed by atoms with Crippen molar-refractivity contribution in [1.29, 1.82) is 0 Å². The molecular formula is C17H20N2OS. The van der Waals surface area contributed by atoms with Crippen LogP contribution in [0.25, 0.3) is 10.8 Å². The van der Waals surface area contributed by atoms with Gasteiger partial charge in [0.15, 0.2) is 5.11 Å². The number of thiocarbonyl (C=S) groups is 1. The second kappa shape index (κ2) is 6.00. The first-order chi connectivity index (χ1) is 10.1. The molecule has 0 amide bonds. The fraction of sp³-hybridized carbons (Fsp3) is 0.353. The van der Waals surface area contributed by atoms with E-state index in [4.69, 9.17) is 17.0 Å². The van der Waals surface area contributed by atoms with Gasteiger partial charge < -0.3 is 15.0 Å². The molecule has 2 aromatic rings. The second-order valence-electron chi connectivity index (χ2n) is 5.62. The minimum atomic E-state index is 0.209. The lowest BCUT2D eigenvalue weighted by Crippen LogP contribution is -2.49. The molecule has 1 heterocycles. The highest BCUT2D eigenvalue weighted by Gasteiger charge is 2.24. The number of nitrogens with one attached hydrogen (secondary N) is 1. The van der Waals surface area contributed by atoms with Crippen molar-refractivity contribution < 1.29 is 4.74 Å². The fourth-order valence-corrected chi connectivity index (χ4v) is 3.13. The summed E-state index contributed by atoms with van der Waals surface area (Å²) < 4.78 is 5.76. The average molecular weight is 300 g/mol. The van der Waals surface area contributed by atoms with Crippen LogP contribution in [0.5, 0.6) is 0 Å². The number of anilines is 1. The number of fused-ring (bicyclic) bond motifs is 1. The highest BCUT2D eigenvalue weighted by molar-refractivity contribution is 7.80. The molecule has 0 aliphatic carbocycles. The molecular weight excluding hydrogens is 280 g/mol. The van der Waals surface area contributed by atoms with Gasteiger partial charge in [-0.3, -0.25) is 0 Å². The van der Waals surface area contributed by atoms with E-state index in [1.807, 2.05) is 0 Å². The zero-order valence-corrected chi connectivity index (χ0v) is 13.2. The Hall–Kier alpha value is -1.65. The third kappa shape index (κ3) is 3.17. The van der Waals surface area contributed by atoms with Crippen LogP contribution in [0.15, 0.2) is 42.5 Å². The van der Waals surface area contributed by atoms with Crippen LogP contribution < -0.4 is 5.32 Å². The first kappa shape index (κ1) is 14.3. The van der Waals surface area contributed by atoms with Gasteiger partial charge >= 0.3 is 0 Å². The summed E-state index contributed by atoms with van der Waals surface area (Å²) in [7, 11) is 0. The predicted molar refractivity (Wildman–Crippen MR) is 91.8 cm³/mol. The van der Waals surface area contributed by atoms with Crippen molar-refractivity contribution in [3.8, 4) is 0 Å². The maximum absolute atomic E-state index is 5.76. The topological polar surface area (TPSA) is 24.5 Å². The fourth-order valence-electron chi connectivity index (χ4n) is 2.87. The van der Waals surface area contributed by atoms with E-state index in [-0.39, 0.29) is 12.2 Å². The van der Waals surface area contributed by atoms with Crippen molar-refractivity contribution in [2.45, 2.75) is 26.1 Å². The minimum Gasteiger partial charge on any atom is -0.372 e. The molecule has 2 aromatic carbocycles. The van der Waals surface area contributed by atoms with Crippen LogP contribution in [0.4, 0.5) is 5.69 Å². The van der Waals surface area contributed by atoms with Crippen LogP contribution in [0.2, 0.25) is 0 Å². The average Bonchev–Trinajstić information content (AvgIpc) is 2.46. The number of rotatable bonds is 1. The molecule has 0 spiro atoms. The van der Waals surface area contributed by atoms with Crippen molar-refractivity contribution >= 4 is 33.8 Å². The van der Waals surface area contributed by atoms with Gasteiger partial charge in [0.05, 0.1) is 12.2 Å². The lowest BCUT2D eigenvalue weighted by molar-refractivity contribution is -0.0473. The molecule has 1 fully saturated rings. The summed E-state index contributed by atoms with van der Waals surface area (Å²) in [5, 5.41) is 6.58. The Bertz CT molecular complexity index is 643. The highest BCUT2D eigenvalue weighted by atomic mass is 32.1. The molecule has 1 N–H and O–H groups in total. The Morgan fingerprint density at radius 3 is 2.52 bits per heavy atom. The summed E-state index contributed by atoms with van der Waals surface area (Å²) >= 11 is 5.58. The summed E-state index contributed by atoms with van der Waals surface area (Å²) in [6.07, 6.45) is 0.419. The molecule has 21 heavy (non-hydrogen) atoms. The molecule has 0 radical (unpaired) electrons. The van der Waals surface area contributed by atoms with Gasteiger partial charge in [-0.15, -0.1) is 0 Å². The van der Waals surface area contributed by atoms with E-state index in [1.165, 1.54) is 10.8 Å². The lowest BCUT2D eigenvalue weighted by atomic mass is 10.1. The van der Waals surface area contributed by atoms with Gasteiger partial charge in [-0.05, 0) is 37.5 Å². The number of benzene rings is 2. The molecule has 1 aliphatic heterocycles. The van der Waals surface area contributed by atoms with Crippen molar-refractivity contribution in [2.24, 2.45) is 0 Å². The van der Waals surface area contributed by atoms with E-state index >= 15 is 0 Å². The van der Waals surface area contributed by atoms with E-state index in [1.54, 1.807) is 0 Å². The number of morpholine rings is 1. The van der Waals surface area contributed by atoms with Gasteiger partial charge in [0, 0.05) is 24.2 Å². The van der Waals surface area contributed by atoms with Gasteiger partial charge in [-0.2, -0.15) is 0 Å². The van der Waals surface area contributed by atoms with Crippen molar-refractivity contribution in [1.82, 2.24) is 4.90 Å². The van der Waals surface area contributed by atoms with Crippen molar-refractivity contribution in [2.75, 3.05) is 18.4 Å². The summed E-state index contributed by atoms with van der Waals surface area (Å²) in [6, 6.07) is 14.6. The first-order valence-corrected chi connectivity index (χ1v) is 7.73. The summed E-state index contributed by atoms with van der Waals surface area (Å²) in [4.78, 5) is 2.19. The number of hydrogen-bond acceptors (Lipinski definition) is 2. The van der Waals surface area contributed by atoms with E-state index in [9.17, 15) is 0 Å². The molecule has 110 valence electrons. The van der Waals surface area contributed by atoms with E-state index in [2.05, 4.69) is 66.5 Å². The van der Waals surface area contributed by atoms with Gasteiger partial charge in [-0.1, -0.05) is 36.4 Å². The Morgan fingerprint density at radius 1 is 1.10 bits per heavy atom.